The number of nitrogens with one attached hydrogen (secondary N) is 1. The number of rotatable bonds is 7. The van der Waals surface area contributed by atoms with Crippen LogP contribution in [0.25, 0.3) is 11.8 Å². The molecule has 0 aliphatic carbocycles. The van der Waals surface area contributed by atoms with Gasteiger partial charge >= 0.3 is 5.97 Å². The maximum Gasteiger partial charge on any atom is 0.355 e. The van der Waals surface area contributed by atoms with Crippen molar-refractivity contribution in [3.8, 4) is 5.69 Å². The van der Waals surface area contributed by atoms with Gasteiger partial charge in [-0.3, -0.25) is 9.59 Å². The van der Waals surface area contributed by atoms with E-state index in [0.29, 0.717) is 5.56 Å². The van der Waals surface area contributed by atoms with Gasteiger partial charge in [0.25, 0.3) is 0 Å². The number of benzene rings is 2. The Morgan fingerprint density at radius 1 is 0.968 bits per heavy atom. The highest BCUT2D eigenvalue weighted by Gasteiger charge is 2.20. The SMILES string of the molecule is CC(=O)N/C(=C/c1ccccc1)C(=O)OCC(=O)c1cc(C)n(-c2ccccc2)c1C. The van der Waals surface area contributed by atoms with E-state index in [1.807, 2.05) is 66.9 Å². The molecule has 3 aromatic rings. The Morgan fingerprint density at radius 3 is 2.19 bits per heavy atom. The van der Waals surface area contributed by atoms with Gasteiger partial charge in [-0.1, -0.05) is 48.5 Å². The molecule has 1 amide bonds. The average molecular weight is 416 g/mol. The first kappa shape index (κ1) is 21.8. The van der Waals surface area contributed by atoms with Crippen LogP contribution in [0.15, 0.2) is 72.4 Å². The molecule has 6 heteroatoms. The van der Waals surface area contributed by atoms with Crippen LogP contribution in [0.1, 0.15) is 34.2 Å². The number of Topliss-reactive ketones (excluding diaryl/α,β-unsaturated/α-hetero) is 1. The van der Waals surface area contributed by atoms with E-state index in [-0.39, 0.29) is 11.5 Å². The maximum absolute atomic E-state index is 12.8. The van der Waals surface area contributed by atoms with Crippen molar-refractivity contribution < 1.29 is 19.1 Å². The molecule has 0 saturated carbocycles. The maximum atomic E-state index is 12.8. The molecule has 2 aromatic carbocycles. The molecule has 3 rings (SSSR count). The Bertz CT molecular complexity index is 1130. The van der Waals surface area contributed by atoms with Crippen molar-refractivity contribution in [1.29, 1.82) is 0 Å². The Labute approximate surface area is 181 Å². The number of aryl methyl sites for hydroxylation is 1. The van der Waals surface area contributed by atoms with Gasteiger partial charge in [-0.05, 0) is 43.7 Å². The molecule has 6 nitrogen and oxygen atoms in total. The number of para-hydroxylation sites is 1. The molecule has 0 spiro atoms. The predicted molar refractivity (Wildman–Crippen MR) is 119 cm³/mol. The van der Waals surface area contributed by atoms with Crippen molar-refractivity contribution in [3.63, 3.8) is 0 Å². The third-order valence-corrected chi connectivity index (χ3v) is 4.72. The number of carbonyl (C=O) groups is 3. The van der Waals surface area contributed by atoms with Crippen molar-refractivity contribution in [1.82, 2.24) is 9.88 Å². The molecule has 31 heavy (non-hydrogen) atoms. The molecule has 0 saturated heterocycles. The van der Waals surface area contributed by atoms with Gasteiger partial charge in [0.05, 0.1) is 0 Å². The smallest absolute Gasteiger partial charge is 0.355 e. The first-order valence-electron chi connectivity index (χ1n) is 9.86. The average Bonchev–Trinajstić information content (AvgIpc) is 3.06. The Hall–Kier alpha value is -3.93. The van der Waals surface area contributed by atoms with E-state index < -0.39 is 18.5 Å². The quantitative estimate of drug-likeness (QED) is 0.359. The molecule has 1 heterocycles. The van der Waals surface area contributed by atoms with Gasteiger partial charge in [0, 0.05) is 29.6 Å². The Kier molecular flexibility index (Phi) is 6.82. The first-order chi connectivity index (χ1) is 14.9. The standard InChI is InChI=1S/C25H24N2O4/c1-17-14-22(18(2)27(17)21-12-8-5-9-13-21)24(29)16-31-25(30)23(26-19(3)28)15-20-10-6-4-7-11-20/h4-15H,16H2,1-3H3,(H,26,28)/b23-15+. The highest BCUT2D eigenvalue weighted by molar-refractivity contribution is 6.02. The summed E-state index contributed by atoms with van der Waals surface area (Å²) >= 11 is 0. The van der Waals surface area contributed by atoms with E-state index in [0.717, 1.165) is 22.6 Å². The summed E-state index contributed by atoms with van der Waals surface area (Å²) in [6.07, 6.45) is 1.51. The Morgan fingerprint density at radius 2 is 1.58 bits per heavy atom. The molecular weight excluding hydrogens is 392 g/mol. The van der Waals surface area contributed by atoms with E-state index in [1.54, 1.807) is 18.2 Å². The van der Waals surface area contributed by atoms with Gasteiger partial charge in [-0.15, -0.1) is 0 Å². The van der Waals surface area contributed by atoms with Gasteiger partial charge < -0.3 is 14.6 Å². The number of hydrogen-bond donors (Lipinski definition) is 1. The summed E-state index contributed by atoms with van der Waals surface area (Å²) in [5, 5.41) is 2.47. The fourth-order valence-electron chi connectivity index (χ4n) is 3.36. The fourth-order valence-corrected chi connectivity index (χ4v) is 3.36. The highest BCUT2D eigenvalue weighted by atomic mass is 16.5. The molecule has 0 unspecified atom stereocenters. The number of aromatic nitrogens is 1. The molecule has 158 valence electrons. The molecule has 0 aliphatic rings. The lowest BCUT2D eigenvalue weighted by Crippen LogP contribution is -2.27. The number of amides is 1. The van der Waals surface area contributed by atoms with Crippen molar-refractivity contribution in [3.05, 3.63) is 94.9 Å². The van der Waals surface area contributed by atoms with E-state index in [9.17, 15) is 14.4 Å². The first-order valence-corrected chi connectivity index (χ1v) is 9.86. The van der Waals surface area contributed by atoms with Gasteiger partial charge in [-0.25, -0.2) is 4.79 Å². The van der Waals surface area contributed by atoms with Gasteiger partial charge in [-0.2, -0.15) is 0 Å². The summed E-state index contributed by atoms with van der Waals surface area (Å²) in [6.45, 7) is 4.65. The van der Waals surface area contributed by atoms with Crippen LogP contribution < -0.4 is 5.32 Å². The van der Waals surface area contributed by atoms with Crippen molar-refractivity contribution in [2.75, 3.05) is 6.61 Å². The van der Waals surface area contributed by atoms with Gasteiger partial charge in [0.1, 0.15) is 5.70 Å². The minimum atomic E-state index is -0.774. The summed E-state index contributed by atoms with van der Waals surface area (Å²) in [5.41, 5.74) is 3.81. The van der Waals surface area contributed by atoms with Crippen molar-refractivity contribution in [2.24, 2.45) is 0 Å². The monoisotopic (exact) mass is 416 g/mol. The molecule has 0 atom stereocenters. The molecule has 1 N–H and O–H groups in total. The van der Waals surface area contributed by atoms with E-state index in [4.69, 9.17) is 4.74 Å². The van der Waals surface area contributed by atoms with Crippen molar-refractivity contribution >= 4 is 23.7 Å². The zero-order chi connectivity index (χ0) is 22.4. The number of hydrogen-bond acceptors (Lipinski definition) is 4. The molecule has 0 aliphatic heterocycles. The fraction of sp³-hybridized carbons (Fsp3) is 0.160. The van der Waals surface area contributed by atoms with Crippen LogP contribution in [0.2, 0.25) is 0 Å². The second-order valence-electron chi connectivity index (χ2n) is 7.10. The van der Waals surface area contributed by atoms with Crippen molar-refractivity contribution in [2.45, 2.75) is 20.8 Å². The van der Waals surface area contributed by atoms with Crippen LogP contribution in [0.5, 0.6) is 0 Å². The third-order valence-electron chi connectivity index (χ3n) is 4.72. The summed E-state index contributed by atoms with van der Waals surface area (Å²) in [4.78, 5) is 36.8. The summed E-state index contributed by atoms with van der Waals surface area (Å²) < 4.78 is 7.20. The van der Waals surface area contributed by atoms with Crippen LogP contribution in [0.4, 0.5) is 0 Å². The highest BCUT2D eigenvalue weighted by Crippen LogP contribution is 2.21. The molecular formula is C25H24N2O4. The van der Waals surface area contributed by atoms with E-state index >= 15 is 0 Å². The van der Waals surface area contributed by atoms with Crippen LogP contribution >= 0.6 is 0 Å². The predicted octanol–water partition coefficient (Wildman–Crippen LogP) is 4.00. The minimum absolute atomic E-state index is 0.0266. The number of ether oxygens (including phenoxy) is 1. The number of ketones is 1. The lowest BCUT2D eigenvalue weighted by molar-refractivity contribution is -0.139. The van der Waals surface area contributed by atoms with E-state index in [2.05, 4.69) is 5.32 Å². The zero-order valence-corrected chi connectivity index (χ0v) is 17.7. The van der Waals surface area contributed by atoms with Crippen LogP contribution in [0, 0.1) is 13.8 Å². The minimum Gasteiger partial charge on any atom is -0.453 e. The molecule has 0 radical (unpaired) electrons. The van der Waals surface area contributed by atoms with Crippen LogP contribution in [-0.2, 0) is 14.3 Å². The zero-order valence-electron chi connectivity index (χ0n) is 17.7. The second kappa shape index (κ2) is 9.71. The van der Waals surface area contributed by atoms with Gasteiger partial charge in [0.15, 0.2) is 6.61 Å². The lowest BCUT2D eigenvalue weighted by atomic mass is 10.1. The van der Waals surface area contributed by atoms with Crippen LogP contribution in [-0.4, -0.2) is 28.8 Å². The number of esters is 1. The molecule has 0 fully saturated rings. The topological polar surface area (TPSA) is 77.4 Å². The van der Waals surface area contributed by atoms with E-state index in [1.165, 1.54) is 13.0 Å². The molecule has 0 bridgehead atoms. The Balaban J connectivity index is 1.76. The summed E-state index contributed by atoms with van der Waals surface area (Å²) in [7, 11) is 0. The lowest BCUT2D eigenvalue weighted by Gasteiger charge is -2.10. The second-order valence-corrected chi connectivity index (χ2v) is 7.10. The largest absolute Gasteiger partial charge is 0.453 e. The summed E-state index contributed by atoms with van der Waals surface area (Å²) in [5.74, 6) is -1.49. The van der Waals surface area contributed by atoms with Crippen LogP contribution in [0.3, 0.4) is 0 Å². The molecule has 1 aromatic heterocycles. The van der Waals surface area contributed by atoms with Gasteiger partial charge in [0.2, 0.25) is 11.7 Å². The number of carbonyl (C=O) groups excluding carboxylic acids is 3. The normalized spacial score (nSPS) is 11.1. The summed E-state index contributed by atoms with van der Waals surface area (Å²) in [6, 6.07) is 20.6. The number of nitrogens with zero attached hydrogens (tertiary/aromatic N) is 1. The third kappa shape index (κ3) is 5.36.